The molecule has 43 heavy (non-hydrogen) atoms. The number of benzene rings is 2. The van der Waals surface area contributed by atoms with E-state index < -0.39 is 39.9 Å². The van der Waals surface area contributed by atoms with Gasteiger partial charge in [-0.15, -0.1) is 0 Å². The van der Waals surface area contributed by atoms with E-state index in [0.29, 0.717) is 24.5 Å². The lowest BCUT2D eigenvalue weighted by atomic mass is 10.0. The molecule has 3 amide bonds. The Kier molecular flexibility index (Phi) is 12.2. The van der Waals surface area contributed by atoms with E-state index in [-0.39, 0.29) is 43.0 Å². The highest BCUT2D eigenvalue weighted by Gasteiger charge is 2.31. The maximum Gasteiger partial charge on any atom is 0.321 e. The molecule has 2 aromatic carbocycles. The number of aliphatic hydroxyl groups is 1. The van der Waals surface area contributed by atoms with Crippen molar-refractivity contribution >= 4 is 33.3 Å². The molecule has 0 unspecified atom stereocenters. The Morgan fingerprint density at radius 3 is 2.49 bits per heavy atom. The number of hydrogen-bond donors (Lipinski definition) is 3. The van der Waals surface area contributed by atoms with Crippen LogP contribution < -0.4 is 14.8 Å². The molecule has 0 bridgehead atoms. The molecular weight excluding hydrogens is 579 g/mol. The fourth-order valence-corrected chi connectivity index (χ4v) is 5.32. The molecule has 0 aromatic heterocycles. The smallest absolute Gasteiger partial charge is 0.321 e. The Labute approximate surface area is 253 Å². The Bertz CT molecular complexity index is 1340. The summed E-state index contributed by atoms with van der Waals surface area (Å²) in [4.78, 5) is 30.0. The van der Waals surface area contributed by atoms with Gasteiger partial charge in [0.1, 0.15) is 11.6 Å². The first kappa shape index (κ1) is 34.1. The number of nitrogens with one attached hydrogen (secondary N) is 2. The standard InChI is InChI=1S/C30H43FN4O7S/c1-20-17-35(21(2)19-36)29(37)26-16-25(33-43(5,39)40)13-14-27(26)42-22(3)8-6-7-15-41-28(20)18-34(4)30(38)32-24-11-9-23(31)10-12-24/h9-14,16,20-22,28,33,36H,6-8,15,17-19H2,1-5H3,(H,32,38)/t20-,21-,22-,28+/m1/s1. The second-order valence-corrected chi connectivity index (χ2v) is 13.0. The van der Waals surface area contributed by atoms with Gasteiger partial charge in [-0.25, -0.2) is 17.6 Å². The number of carbonyl (C=O) groups is 2. The number of aliphatic hydroxyl groups excluding tert-OH is 1. The zero-order valence-electron chi connectivity index (χ0n) is 25.4. The first-order valence-electron chi connectivity index (χ1n) is 14.4. The summed E-state index contributed by atoms with van der Waals surface area (Å²) < 4.78 is 51.9. The monoisotopic (exact) mass is 622 g/mol. The van der Waals surface area contributed by atoms with Crippen LogP contribution in [0.4, 0.5) is 20.6 Å². The van der Waals surface area contributed by atoms with Crippen LogP contribution in [0.15, 0.2) is 42.5 Å². The number of nitrogens with zero attached hydrogens (tertiary/aromatic N) is 2. The van der Waals surface area contributed by atoms with Crippen molar-refractivity contribution in [1.82, 2.24) is 9.80 Å². The number of anilines is 2. The van der Waals surface area contributed by atoms with E-state index in [4.69, 9.17) is 9.47 Å². The van der Waals surface area contributed by atoms with Gasteiger partial charge in [-0.05, 0) is 75.6 Å². The van der Waals surface area contributed by atoms with E-state index in [1.165, 1.54) is 40.1 Å². The van der Waals surface area contributed by atoms with Gasteiger partial charge in [-0.2, -0.15) is 0 Å². The van der Waals surface area contributed by atoms with E-state index in [0.717, 1.165) is 19.1 Å². The average Bonchev–Trinajstić information content (AvgIpc) is 2.94. The third-order valence-corrected chi connectivity index (χ3v) is 7.86. The molecule has 0 saturated carbocycles. The highest BCUT2D eigenvalue weighted by Crippen LogP contribution is 2.29. The number of ether oxygens (including phenoxy) is 2. The van der Waals surface area contributed by atoms with E-state index in [9.17, 15) is 27.5 Å². The highest BCUT2D eigenvalue weighted by molar-refractivity contribution is 7.92. The van der Waals surface area contributed by atoms with E-state index in [1.807, 2.05) is 13.8 Å². The number of halogens is 1. The van der Waals surface area contributed by atoms with Crippen molar-refractivity contribution < 1.29 is 37.0 Å². The Hall–Kier alpha value is -3.42. The third-order valence-electron chi connectivity index (χ3n) is 7.25. The molecule has 2 aromatic rings. The van der Waals surface area contributed by atoms with Crippen molar-refractivity contribution in [3.05, 3.63) is 53.8 Å². The van der Waals surface area contributed by atoms with Crippen molar-refractivity contribution in [2.24, 2.45) is 5.92 Å². The van der Waals surface area contributed by atoms with Gasteiger partial charge in [0.25, 0.3) is 5.91 Å². The SMILES string of the molecule is C[C@@H]1CCCCO[C@@H](CN(C)C(=O)Nc2ccc(F)cc2)[C@H](C)CN([C@H](C)CO)C(=O)c2cc(NS(C)(=O)=O)ccc2O1. The molecule has 0 aliphatic carbocycles. The lowest BCUT2D eigenvalue weighted by Gasteiger charge is -2.35. The second kappa shape index (κ2) is 15.3. The van der Waals surface area contributed by atoms with Gasteiger partial charge >= 0.3 is 6.03 Å². The van der Waals surface area contributed by atoms with Crippen LogP contribution in [-0.2, 0) is 14.8 Å². The number of sulfonamides is 1. The second-order valence-electron chi connectivity index (χ2n) is 11.2. The fraction of sp³-hybridized carbons (Fsp3) is 0.533. The van der Waals surface area contributed by atoms with Crippen LogP contribution in [0.5, 0.6) is 5.75 Å². The van der Waals surface area contributed by atoms with Crippen LogP contribution in [0.1, 0.15) is 50.4 Å². The summed E-state index contributed by atoms with van der Waals surface area (Å²) in [5.74, 6) is -0.800. The molecule has 0 radical (unpaired) electrons. The summed E-state index contributed by atoms with van der Waals surface area (Å²) in [6.07, 6.45) is 2.58. The summed E-state index contributed by atoms with van der Waals surface area (Å²) >= 11 is 0. The van der Waals surface area contributed by atoms with Crippen LogP contribution in [0.25, 0.3) is 0 Å². The molecule has 13 heteroatoms. The number of fused-ring (bicyclic) bond motifs is 1. The Morgan fingerprint density at radius 2 is 1.84 bits per heavy atom. The maximum atomic E-state index is 14.1. The summed E-state index contributed by atoms with van der Waals surface area (Å²) in [5, 5.41) is 12.8. The van der Waals surface area contributed by atoms with Gasteiger partial charge in [0.15, 0.2) is 0 Å². The number of likely N-dealkylation sites (N-methyl/N-ethyl adjacent to an activating group) is 1. The molecule has 0 saturated heterocycles. The molecule has 1 aliphatic rings. The summed E-state index contributed by atoms with van der Waals surface area (Å²) in [6.45, 7) is 6.05. The number of carbonyl (C=O) groups excluding carboxylic acids is 2. The van der Waals surface area contributed by atoms with Crippen molar-refractivity contribution in [2.75, 3.05) is 49.6 Å². The summed E-state index contributed by atoms with van der Waals surface area (Å²) in [7, 11) is -1.97. The van der Waals surface area contributed by atoms with Crippen molar-refractivity contribution in [1.29, 1.82) is 0 Å². The van der Waals surface area contributed by atoms with Crippen molar-refractivity contribution in [2.45, 2.75) is 58.3 Å². The minimum Gasteiger partial charge on any atom is -0.490 e. The lowest BCUT2D eigenvalue weighted by Crippen LogP contribution is -2.48. The van der Waals surface area contributed by atoms with Gasteiger partial charge < -0.3 is 29.7 Å². The predicted octanol–water partition coefficient (Wildman–Crippen LogP) is 4.16. The van der Waals surface area contributed by atoms with Gasteiger partial charge in [-0.1, -0.05) is 6.92 Å². The average molecular weight is 623 g/mol. The molecule has 1 aliphatic heterocycles. The first-order valence-corrected chi connectivity index (χ1v) is 16.3. The lowest BCUT2D eigenvalue weighted by molar-refractivity contribution is -0.0115. The molecule has 0 fully saturated rings. The van der Waals surface area contributed by atoms with Gasteiger partial charge in [0.05, 0.1) is 36.7 Å². The Balaban J connectivity index is 1.90. The molecule has 3 N–H and O–H groups in total. The maximum absolute atomic E-state index is 14.1. The van der Waals surface area contributed by atoms with Gasteiger partial charge in [0.2, 0.25) is 10.0 Å². The molecular formula is C30H43FN4O7S. The molecule has 11 nitrogen and oxygen atoms in total. The number of hydrogen-bond acceptors (Lipinski definition) is 7. The van der Waals surface area contributed by atoms with Crippen molar-refractivity contribution in [3.63, 3.8) is 0 Å². The zero-order chi connectivity index (χ0) is 31.7. The minimum atomic E-state index is -3.60. The molecule has 4 atom stereocenters. The first-order chi connectivity index (χ1) is 20.3. The fourth-order valence-electron chi connectivity index (χ4n) is 4.77. The largest absolute Gasteiger partial charge is 0.490 e. The van der Waals surface area contributed by atoms with Gasteiger partial charge in [0, 0.05) is 44.0 Å². The molecule has 1 heterocycles. The predicted molar refractivity (Wildman–Crippen MR) is 163 cm³/mol. The Morgan fingerprint density at radius 1 is 1.16 bits per heavy atom. The normalized spacial score (nSPS) is 21.1. The van der Waals surface area contributed by atoms with E-state index >= 15 is 0 Å². The van der Waals surface area contributed by atoms with E-state index in [2.05, 4.69) is 10.0 Å². The van der Waals surface area contributed by atoms with Gasteiger partial charge in [-0.3, -0.25) is 9.52 Å². The summed E-state index contributed by atoms with van der Waals surface area (Å²) in [6, 6.07) is 9.05. The number of rotatable bonds is 7. The van der Waals surface area contributed by atoms with Crippen LogP contribution in [0.3, 0.4) is 0 Å². The highest BCUT2D eigenvalue weighted by atomic mass is 32.2. The number of urea groups is 1. The summed E-state index contributed by atoms with van der Waals surface area (Å²) in [5.41, 5.74) is 0.830. The third kappa shape index (κ3) is 10.4. The van der Waals surface area contributed by atoms with Crippen LogP contribution >= 0.6 is 0 Å². The quantitative estimate of drug-likeness (QED) is 0.422. The molecule has 238 valence electrons. The molecule has 3 rings (SSSR count). The number of amides is 3. The van der Waals surface area contributed by atoms with Crippen LogP contribution in [-0.4, -0.2) is 93.1 Å². The minimum absolute atomic E-state index is 0.165. The van der Waals surface area contributed by atoms with Crippen LogP contribution in [0.2, 0.25) is 0 Å². The van der Waals surface area contributed by atoms with E-state index in [1.54, 1.807) is 26.1 Å². The zero-order valence-corrected chi connectivity index (χ0v) is 26.2. The van der Waals surface area contributed by atoms with Crippen LogP contribution in [0, 0.1) is 11.7 Å². The van der Waals surface area contributed by atoms with Crippen molar-refractivity contribution in [3.8, 4) is 5.75 Å². The molecule has 0 spiro atoms. The topological polar surface area (TPSA) is 138 Å².